The number of rotatable bonds is 6. The highest BCUT2D eigenvalue weighted by molar-refractivity contribution is 5.36. The zero-order chi connectivity index (χ0) is 11.1. The van der Waals surface area contributed by atoms with Crippen LogP contribution in [0.5, 0.6) is 0 Å². The van der Waals surface area contributed by atoms with Crippen molar-refractivity contribution in [2.75, 3.05) is 30.8 Å². The number of aliphatic hydroxyl groups excluding tert-OH is 1. The fourth-order valence-corrected chi connectivity index (χ4v) is 1.28. The number of anilines is 2. The summed E-state index contributed by atoms with van der Waals surface area (Å²) < 4.78 is 0. The van der Waals surface area contributed by atoms with Crippen molar-refractivity contribution in [3.8, 4) is 0 Å². The highest BCUT2D eigenvalue weighted by Crippen LogP contribution is 2.07. The molecule has 0 unspecified atom stereocenters. The van der Waals surface area contributed by atoms with Gasteiger partial charge in [-0.2, -0.15) is 4.98 Å². The summed E-state index contributed by atoms with van der Waals surface area (Å²) in [6, 6.07) is 1.67. The Balaban J connectivity index is 2.36. The molecule has 0 bridgehead atoms. The minimum Gasteiger partial charge on any atom is -0.396 e. The van der Waals surface area contributed by atoms with Gasteiger partial charge in [-0.1, -0.05) is 0 Å². The van der Waals surface area contributed by atoms with E-state index in [1.807, 2.05) is 11.9 Å². The molecule has 1 rings (SSSR count). The van der Waals surface area contributed by atoms with Crippen molar-refractivity contribution in [1.82, 2.24) is 9.97 Å². The molecular formula is C10H18N4O. The van der Waals surface area contributed by atoms with Crippen LogP contribution in [0.4, 0.5) is 11.8 Å². The molecule has 0 spiro atoms. The van der Waals surface area contributed by atoms with Gasteiger partial charge in [0.1, 0.15) is 5.82 Å². The maximum atomic E-state index is 8.63. The van der Waals surface area contributed by atoms with Gasteiger partial charge in [0.2, 0.25) is 5.95 Å². The lowest BCUT2D eigenvalue weighted by Crippen LogP contribution is -2.21. The van der Waals surface area contributed by atoms with Gasteiger partial charge in [0.05, 0.1) is 0 Å². The van der Waals surface area contributed by atoms with E-state index >= 15 is 0 Å². The minimum absolute atomic E-state index is 0.262. The third-order valence-corrected chi connectivity index (χ3v) is 2.16. The summed E-state index contributed by atoms with van der Waals surface area (Å²) in [6.07, 6.45) is 4.55. The van der Waals surface area contributed by atoms with Gasteiger partial charge in [-0.05, 0) is 25.3 Å². The first-order valence-corrected chi connectivity index (χ1v) is 5.14. The third kappa shape index (κ3) is 4.12. The Bertz CT molecular complexity index is 293. The van der Waals surface area contributed by atoms with E-state index in [-0.39, 0.29) is 6.61 Å². The predicted molar refractivity (Wildman–Crippen MR) is 60.7 cm³/mol. The highest BCUT2D eigenvalue weighted by Gasteiger charge is 2.03. The summed E-state index contributed by atoms with van der Waals surface area (Å²) in [5, 5.41) is 8.63. The van der Waals surface area contributed by atoms with Gasteiger partial charge in [-0.25, -0.2) is 4.98 Å². The van der Waals surface area contributed by atoms with Crippen LogP contribution in [-0.2, 0) is 0 Å². The summed E-state index contributed by atoms with van der Waals surface area (Å²) >= 11 is 0. The van der Waals surface area contributed by atoms with Gasteiger partial charge < -0.3 is 15.7 Å². The first-order chi connectivity index (χ1) is 7.24. The van der Waals surface area contributed by atoms with Crippen LogP contribution in [0.2, 0.25) is 0 Å². The zero-order valence-corrected chi connectivity index (χ0v) is 9.06. The van der Waals surface area contributed by atoms with E-state index in [1.165, 1.54) is 0 Å². The summed E-state index contributed by atoms with van der Waals surface area (Å²) in [5.74, 6) is 1.14. The quantitative estimate of drug-likeness (QED) is 0.674. The molecule has 1 aromatic heterocycles. The van der Waals surface area contributed by atoms with Gasteiger partial charge in [-0.15, -0.1) is 0 Å². The average Bonchev–Trinajstić information content (AvgIpc) is 2.24. The molecule has 0 radical (unpaired) electrons. The largest absolute Gasteiger partial charge is 0.396 e. The number of hydrogen-bond acceptors (Lipinski definition) is 5. The number of aliphatic hydroxyl groups is 1. The summed E-state index contributed by atoms with van der Waals surface area (Å²) in [6.45, 7) is 1.14. The highest BCUT2D eigenvalue weighted by atomic mass is 16.2. The van der Waals surface area contributed by atoms with Crippen molar-refractivity contribution < 1.29 is 5.11 Å². The van der Waals surface area contributed by atoms with Crippen LogP contribution in [0.15, 0.2) is 12.3 Å². The molecule has 0 saturated heterocycles. The van der Waals surface area contributed by atoms with Crippen LogP contribution in [0.1, 0.15) is 19.3 Å². The minimum atomic E-state index is 0.262. The molecule has 0 aromatic carbocycles. The number of hydrogen-bond donors (Lipinski definition) is 2. The second kappa shape index (κ2) is 6.19. The van der Waals surface area contributed by atoms with E-state index < -0.39 is 0 Å². The van der Waals surface area contributed by atoms with E-state index in [9.17, 15) is 0 Å². The van der Waals surface area contributed by atoms with Crippen molar-refractivity contribution in [1.29, 1.82) is 0 Å². The van der Waals surface area contributed by atoms with Crippen molar-refractivity contribution >= 4 is 11.8 Å². The predicted octanol–water partition coefficient (Wildman–Crippen LogP) is 0.658. The molecule has 0 aliphatic rings. The Morgan fingerprint density at radius 2 is 2.20 bits per heavy atom. The Kier molecular flexibility index (Phi) is 4.83. The lowest BCUT2D eigenvalue weighted by atomic mass is 10.2. The standard InChI is InChI=1S/C10H18N4O/c1-14(7-3-2-4-8-15)10-12-6-5-9(11)13-10/h5-6,15H,2-4,7-8H2,1H3,(H2,11,12,13). The topological polar surface area (TPSA) is 75.3 Å². The number of unbranched alkanes of at least 4 members (excludes halogenated alkanes) is 2. The fraction of sp³-hybridized carbons (Fsp3) is 0.600. The number of nitrogen functional groups attached to an aromatic ring is 1. The van der Waals surface area contributed by atoms with Crippen LogP contribution < -0.4 is 10.6 Å². The molecule has 1 heterocycles. The second-order valence-electron chi connectivity index (χ2n) is 3.49. The van der Waals surface area contributed by atoms with Gasteiger partial charge >= 0.3 is 0 Å². The van der Waals surface area contributed by atoms with Crippen LogP contribution >= 0.6 is 0 Å². The van der Waals surface area contributed by atoms with Crippen LogP contribution in [-0.4, -0.2) is 35.3 Å². The van der Waals surface area contributed by atoms with Gasteiger partial charge in [0, 0.05) is 26.4 Å². The second-order valence-corrected chi connectivity index (χ2v) is 3.49. The Hall–Kier alpha value is -1.36. The molecule has 15 heavy (non-hydrogen) atoms. The van der Waals surface area contributed by atoms with Crippen molar-refractivity contribution in [2.24, 2.45) is 0 Å². The van der Waals surface area contributed by atoms with Crippen LogP contribution in [0.25, 0.3) is 0 Å². The molecule has 0 fully saturated rings. The smallest absolute Gasteiger partial charge is 0.226 e. The molecule has 84 valence electrons. The molecule has 5 heteroatoms. The normalized spacial score (nSPS) is 10.3. The lowest BCUT2D eigenvalue weighted by molar-refractivity contribution is 0.283. The van der Waals surface area contributed by atoms with Crippen molar-refractivity contribution in [3.05, 3.63) is 12.3 Å². The Morgan fingerprint density at radius 1 is 1.40 bits per heavy atom. The maximum Gasteiger partial charge on any atom is 0.226 e. The zero-order valence-electron chi connectivity index (χ0n) is 9.06. The number of nitrogens with zero attached hydrogens (tertiary/aromatic N) is 3. The van der Waals surface area contributed by atoms with E-state index in [0.717, 1.165) is 25.8 Å². The van der Waals surface area contributed by atoms with Crippen molar-refractivity contribution in [2.45, 2.75) is 19.3 Å². The fourth-order valence-electron chi connectivity index (χ4n) is 1.28. The van der Waals surface area contributed by atoms with E-state index in [4.69, 9.17) is 10.8 Å². The Labute approximate surface area is 90.0 Å². The van der Waals surface area contributed by atoms with Crippen LogP contribution in [0.3, 0.4) is 0 Å². The molecule has 0 saturated carbocycles. The molecular weight excluding hydrogens is 192 g/mol. The molecule has 5 nitrogen and oxygen atoms in total. The Morgan fingerprint density at radius 3 is 2.87 bits per heavy atom. The first-order valence-electron chi connectivity index (χ1n) is 5.14. The molecule has 0 aliphatic heterocycles. The molecule has 1 aromatic rings. The average molecular weight is 210 g/mol. The summed E-state index contributed by atoms with van der Waals surface area (Å²) in [5.41, 5.74) is 5.56. The molecule has 0 atom stereocenters. The number of aromatic nitrogens is 2. The first kappa shape index (κ1) is 11.7. The van der Waals surface area contributed by atoms with Gasteiger partial charge in [0.15, 0.2) is 0 Å². The summed E-state index contributed by atoms with van der Waals surface area (Å²) in [4.78, 5) is 10.2. The lowest BCUT2D eigenvalue weighted by Gasteiger charge is -2.16. The number of nitrogens with two attached hydrogens (primary N) is 1. The molecule has 0 amide bonds. The van der Waals surface area contributed by atoms with Gasteiger partial charge in [0.25, 0.3) is 0 Å². The molecule has 3 N–H and O–H groups in total. The SMILES string of the molecule is CN(CCCCCO)c1nccc(N)n1. The maximum absolute atomic E-state index is 8.63. The van der Waals surface area contributed by atoms with E-state index in [0.29, 0.717) is 11.8 Å². The van der Waals surface area contributed by atoms with Gasteiger partial charge in [-0.3, -0.25) is 0 Å². The third-order valence-electron chi connectivity index (χ3n) is 2.16. The van der Waals surface area contributed by atoms with Crippen LogP contribution in [0, 0.1) is 0 Å². The van der Waals surface area contributed by atoms with E-state index in [2.05, 4.69) is 9.97 Å². The van der Waals surface area contributed by atoms with Crippen molar-refractivity contribution in [3.63, 3.8) is 0 Å². The monoisotopic (exact) mass is 210 g/mol. The molecule has 0 aliphatic carbocycles. The summed E-state index contributed by atoms with van der Waals surface area (Å²) in [7, 11) is 1.94. The van der Waals surface area contributed by atoms with E-state index in [1.54, 1.807) is 12.3 Å².